The second kappa shape index (κ2) is 6.33. The summed E-state index contributed by atoms with van der Waals surface area (Å²) in [5.74, 6) is -0.0502. The molecule has 0 spiro atoms. The number of nitrogens with one attached hydrogen (secondary N) is 2. The normalized spacial score (nSPS) is 18.8. The lowest BCUT2D eigenvalue weighted by atomic mass is 10.1. The molecule has 2 rings (SSSR count). The van der Waals surface area contributed by atoms with Gasteiger partial charge < -0.3 is 15.5 Å². The first-order valence-electron chi connectivity index (χ1n) is 7.41. The van der Waals surface area contributed by atoms with Gasteiger partial charge in [-0.05, 0) is 20.8 Å². The summed E-state index contributed by atoms with van der Waals surface area (Å²) < 4.78 is 37.5. The van der Waals surface area contributed by atoms with Crippen LogP contribution in [0.25, 0.3) is 0 Å². The number of carbonyl (C=O) groups is 2. The maximum absolute atomic E-state index is 12.3. The van der Waals surface area contributed by atoms with E-state index in [1.165, 1.54) is 0 Å². The number of halogens is 3. The largest absolute Gasteiger partial charge is 0.408 e. The molecule has 10 heteroatoms. The van der Waals surface area contributed by atoms with Crippen molar-refractivity contribution in [1.82, 2.24) is 20.0 Å². The van der Waals surface area contributed by atoms with Crippen LogP contribution in [0.5, 0.6) is 0 Å². The van der Waals surface area contributed by atoms with E-state index in [1.54, 1.807) is 4.90 Å². The number of anilines is 1. The Labute approximate surface area is 137 Å². The molecule has 1 aliphatic heterocycles. The van der Waals surface area contributed by atoms with Crippen molar-refractivity contribution >= 4 is 17.6 Å². The van der Waals surface area contributed by atoms with Crippen molar-refractivity contribution in [2.24, 2.45) is 0 Å². The predicted octanol–water partition coefficient (Wildman–Crippen LogP) is 1.97. The molecule has 1 aromatic heterocycles. The Morgan fingerprint density at radius 3 is 2.58 bits per heavy atom. The van der Waals surface area contributed by atoms with Gasteiger partial charge in [-0.25, -0.2) is 4.79 Å². The van der Waals surface area contributed by atoms with Crippen LogP contribution in [0.1, 0.15) is 27.2 Å². The summed E-state index contributed by atoms with van der Waals surface area (Å²) in [6.45, 7) is 4.88. The van der Waals surface area contributed by atoms with Gasteiger partial charge in [0.2, 0.25) is 5.91 Å². The highest BCUT2D eigenvalue weighted by molar-refractivity contribution is 5.90. The minimum atomic E-state index is -4.38. The van der Waals surface area contributed by atoms with Crippen molar-refractivity contribution < 1.29 is 22.8 Å². The summed E-state index contributed by atoms with van der Waals surface area (Å²) >= 11 is 0. The third-order valence-corrected chi connectivity index (χ3v) is 3.50. The first-order valence-corrected chi connectivity index (χ1v) is 7.41. The number of nitrogens with zero attached hydrogens (tertiary/aromatic N) is 3. The SMILES string of the molecule is CC(C)(C)N1CC(NC(=O)Nc2cnn(CC(F)(F)F)c2)CC1=O. The lowest BCUT2D eigenvalue weighted by Crippen LogP contribution is -2.45. The van der Waals surface area contributed by atoms with E-state index in [0.29, 0.717) is 11.2 Å². The van der Waals surface area contributed by atoms with Crippen molar-refractivity contribution in [2.75, 3.05) is 11.9 Å². The van der Waals surface area contributed by atoms with E-state index in [4.69, 9.17) is 0 Å². The van der Waals surface area contributed by atoms with Gasteiger partial charge in [-0.2, -0.15) is 18.3 Å². The van der Waals surface area contributed by atoms with Crippen LogP contribution < -0.4 is 10.6 Å². The Morgan fingerprint density at radius 2 is 2.04 bits per heavy atom. The molecule has 0 aromatic carbocycles. The van der Waals surface area contributed by atoms with E-state index in [-0.39, 0.29) is 29.6 Å². The highest BCUT2D eigenvalue weighted by Crippen LogP contribution is 2.22. The van der Waals surface area contributed by atoms with Crippen molar-refractivity contribution in [3.8, 4) is 0 Å². The lowest BCUT2D eigenvalue weighted by molar-refractivity contribution is -0.142. The third kappa shape index (κ3) is 4.87. The molecule has 2 N–H and O–H groups in total. The molecule has 24 heavy (non-hydrogen) atoms. The van der Waals surface area contributed by atoms with E-state index < -0.39 is 18.8 Å². The minimum absolute atomic E-state index is 0.0502. The van der Waals surface area contributed by atoms with Gasteiger partial charge in [-0.3, -0.25) is 9.48 Å². The van der Waals surface area contributed by atoms with Gasteiger partial charge in [0, 0.05) is 24.7 Å². The zero-order valence-electron chi connectivity index (χ0n) is 13.6. The summed E-state index contributed by atoms with van der Waals surface area (Å²) in [7, 11) is 0. The fourth-order valence-electron chi connectivity index (χ4n) is 2.50. The van der Waals surface area contributed by atoms with Crippen LogP contribution in [-0.4, -0.2) is 50.9 Å². The molecule has 2 heterocycles. The number of hydrogen-bond acceptors (Lipinski definition) is 3. The Balaban J connectivity index is 1.87. The van der Waals surface area contributed by atoms with Gasteiger partial charge >= 0.3 is 12.2 Å². The molecule has 1 fully saturated rings. The smallest absolute Gasteiger partial charge is 0.336 e. The maximum Gasteiger partial charge on any atom is 0.408 e. The zero-order valence-corrected chi connectivity index (χ0v) is 13.6. The molecule has 1 aliphatic rings. The lowest BCUT2D eigenvalue weighted by Gasteiger charge is -2.32. The molecule has 1 aromatic rings. The molecule has 0 radical (unpaired) electrons. The van der Waals surface area contributed by atoms with Crippen LogP contribution >= 0.6 is 0 Å². The summed E-state index contributed by atoms with van der Waals surface area (Å²) in [5, 5.41) is 8.59. The van der Waals surface area contributed by atoms with E-state index in [9.17, 15) is 22.8 Å². The molecule has 1 atom stereocenters. The van der Waals surface area contributed by atoms with Crippen LogP contribution in [0.4, 0.5) is 23.7 Å². The van der Waals surface area contributed by atoms with Crippen molar-refractivity contribution in [2.45, 2.75) is 51.5 Å². The van der Waals surface area contributed by atoms with Crippen LogP contribution in [0, 0.1) is 0 Å². The van der Waals surface area contributed by atoms with Gasteiger partial charge in [0.05, 0.1) is 17.9 Å². The molecular formula is C14H20F3N5O2. The highest BCUT2D eigenvalue weighted by Gasteiger charge is 2.36. The maximum atomic E-state index is 12.3. The summed E-state index contributed by atoms with van der Waals surface area (Å²) in [4.78, 5) is 25.5. The number of alkyl halides is 3. The Morgan fingerprint density at radius 1 is 1.38 bits per heavy atom. The van der Waals surface area contributed by atoms with Crippen molar-refractivity contribution in [3.05, 3.63) is 12.4 Å². The van der Waals surface area contributed by atoms with Gasteiger partial charge in [0.1, 0.15) is 6.54 Å². The monoisotopic (exact) mass is 347 g/mol. The number of urea groups is 1. The highest BCUT2D eigenvalue weighted by atomic mass is 19.4. The second-order valence-corrected chi connectivity index (χ2v) is 6.72. The topological polar surface area (TPSA) is 79.3 Å². The summed E-state index contributed by atoms with van der Waals surface area (Å²) in [6.07, 6.45) is -1.97. The number of aromatic nitrogens is 2. The fraction of sp³-hybridized carbons (Fsp3) is 0.643. The average Bonchev–Trinajstić information content (AvgIpc) is 2.93. The quantitative estimate of drug-likeness (QED) is 0.877. The van der Waals surface area contributed by atoms with Crippen LogP contribution in [0.15, 0.2) is 12.4 Å². The van der Waals surface area contributed by atoms with E-state index >= 15 is 0 Å². The van der Waals surface area contributed by atoms with Crippen LogP contribution in [-0.2, 0) is 11.3 Å². The number of likely N-dealkylation sites (tertiary alicyclic amines) is 1. The Bertz CT molecular complexity index is 621. The predicted molar refractivity (Wildman–Crippen MR) is 80.3 cm³/mol. The van der Waals surface area contributed by atoms with E-state index in [0.717, 1.165) is 12.4 Å². The molecule has 1 saturated heterocycles. The molecular weight excluding hydrogens is 327 g/mol. The van der Waals surface area contributed by atoms with Gasteiger partial charge in [-0.15, -0.1) is 0 Å². The van der Waals surface area contributed by atoms with Crippen LogP contribution in [0.3, 0.4) is 0 Å². The fourth-order valence-corrected chi connectivity index (χ4v) is 2.50. The number of hydrogen-bond donors (Lipinski definition) is 2. The molecule has 7 nitrogen and oxygen atoms in total. The Kier molecular flexibility index (Phi) is 4.77. The number of amides is 3. The molecule has 0 bridgehead atoms. The van der Waals surface area contributed by atoms with Crippen molar-refractivity contribution in [1.29, 1.82) is 0 Å². The van der Waals surface area contributed by atoms with E-state index in [2.05, 4.69) is 15.7 Å². The van der Waals surface area contributed by atoms with E-state index in [1.807, 2.05) is 20.8 Å². The summed E-state index contributed by atoms with van der Waals surface area (Å²) in [5.41, 5.74) is -0.184. The average molecular weight is 347 g/mol. The molecule has 134 valence electrons. The number of carbonyl (C=O) groups excluding carboxylic acids is 2. The minimum Gasteiger partial charge on any atom is -0.336 e. The number of rotatable bonds is 3. The molecule has 0 saturated carbocycles. The Hall–Kier alpha value is -2.26. The molecule has 1 unspecified atom stereocenters. The van der Waals surface area contributed by atoms with Gasteiger partial charge in [0.15, 0.2) is 0 Å². The van der Waals surface area contributed by atoms with Crippen LogP contribution in [0.2, 0.25) is 0 Å². The first-order chi connectivity index (χ1) is 10.9. The van der Waals surface area contributed by atoms with Gasteiger partial charge in [0.25, 0.3) is 0 Å². The molecule has 3 amide bonds. The van der Waals surface area contributed by atoms with Gasteiger partial charge in [-0.1, -0.05) is 0 Å². The standard InChI is InChI=1S/C14H20F3N5O2/c1-13(2,3)22-7-9(4-11(22)23)19-12(24)20-10-5-18-21(6-10)8-14(15,16)17/h5-6,9H,4,7-8H2,1-3H3,(H2,19,20,24). The third-order valence-electron chi connectivity index (χ3n) is 3.50. The first kappa shape index (κ1) is 18.1. The summed E-state index contributed by atoms with van der Waals surface area (Å²) in [6, 6.07) is -0.933. The molecule has 0 aliphatic carbocycles. The second-order valence-electron chi connectivity index (χ2n) is 6.72. The van der Waals surface area contributed by atoms with Crippen molar-refractivity contribution in [3.63, 3.8) is 0 Å². The zero-order chi connectivity index (χ0) is 18.1.